The third kappa shape index (κ3) is 7.17. The van der Waals surface area contributed by atoms with Crippen LogP contribution in [0, 0.1) is 12.3 Å². The van der Waals surface area contributed by atoms with Gasteiger partial charge >= 0.3 is 5.97 Å². The van der Waals surface area contributed by atoms with Crippen LogP contribution in [-0.4, -0.2) is 19.1 Å². The van der Waals surface area contributed by atoms with Gasteiger partial charge in [0.25, 0.3) is 0 Å². The van der Waals surface area contributed by atoms with Crippen LogP contribution in [0.5, 0.6) is 0 Å². The molecule has 0 aromatic carbocycles. The summed E-state index contributed by atoms with van der Waals surface area (Å²) in [5.41, 5.74) is 5.42. The Morgan fingerprint density at radius 2 is 2.36 bits per heavy atom. The summed E-state index contributed by atoms with van der Waals surface area (Å²) in [6.45, 7) is 0. The van der Waals surface area contributed by atoms with Crippen molar-refractivity contribution in [1.29, 1.82) is 0 Å². The average molecular weight is 178 g/mol. The predicted molar refractivity (Wildman–Crippen MR) is 45.3 cm³/mol. The van der Waals surface area contributed by atoms with Crippen LogP contribution in [0.4, 0.5) is 0 Å². The molecule has 0 saturated carbocycles. The highest BCUT2D eigenvalue weighted by atomic mass is 35.5. The van der Waals surface area contributed by atoms with Gasteiger partial charge in [-0.05, 0) is 0 Å². The van der Waals surface area contributed by atoms with Crippen molar-refractivity contribution in [3.63, 3.8) is 0 Å². The Hall–Kier alpha value is -0.720. The molecular weight excluding hydrogens is 166 g/mol. The van der Waals surface area contributed by atoms with Gasteiger partial charge in [-0.25, -0.2) is 0 Å². The van der Waals surface area contributed by atoms with Crippen LogP contribution in [0.15, 0.2) is 0 Å². The number of rotatable bonds is 3. The lowest BCUT2D eigenvalue weighted by molar-refractivity contribution is -0.140. The lowest BCUT2D eigenvalue weighted by Crippen LogP contribution is -2.23. The first-order chi connectivity index (χ1) is 4.70. The molecule has 3 nitrogen and oxygen atoms in total. The van der Waals surface area contributed by atoms with Crippen molar-refractivity contribution in [1.82, 2.24) is 0 Å². The zero-order chi connectivity index (χ0) is 7.98. The number of methoxy groups -OCH3 is 1. The number of terminal acetylenes is 1. The van der Waals surface area contributed by atoms with Crippen LogP contribution in [0.2, 0.25) is 0 Å². The smallest absolute Gasteiger partial charge is 0.307 e. The fourth-order valence-electron chi connectivity index (χ4n) is 0.521. The molecule has 0 aromatic heterocycles. The first kappa shape index (κ1) is 12.9. The summed E-state index contributed by atoms with van der Waals surface area (Å²) in [5.74, 6) is 2.05. The monoisotopic (exact) mass is 177 g/mol. The van der Waals surface area contributed by atoms with Crippen LogP contribution >= 0.6 is 12.4 Å². The van der Waals surface area contributed by atoms with Crippen molar-refractivity contribution in [2.45, 2.75) is 18.9 Å². The summed E-state index contributed by atoms with van der Waals surface area (Å²) in [6.07, 6.45) is 5.57. The Kier molecular flexibility index (Phi) is 8.67. The summed E-state index contributed by atoms with van der Waals surface area (Å²) < 4.78 is 4.38. The maximum atomic E-state index is 10.5. The second-order valence-corrected chi connectivity index (χ2v) is 1.95. The lowest BCUT2D eigenvalue weighted by atomic mass is 10.2. The maximum absolute atomic E-state index is 10.5. The Labute approximate surface area is 72.7 Å². The number of hydrogen-bond donors (Lipinski definition) is 1. The number of ether oxygens (including phenoxy) is 1. The van der Waals surface area contributed by atoms with E-state index in [2.05, 4.69) is 10.7 Å². The molecule has 0 spiro atoms. The highest BCUT2D eigenvalue weighted by Gasteiger charge is 2.06. The molecule has 0 amide bonds. The van der Waals surface area contributed by atoms with Gasteiger partial charge in [-0.3, -0.25) is 4.79 Å². The number of hydrogen-bond acceptors (Lipinski definition) is 3. The summed E-state index contributed by atoms with van der Waals surface area (Å²) in [6, 6.07) is -0.266. The summed E-state index contributed by atoms with van der Waals surface area (Å²) in [7, 11) is 1.32. The molecule has 0 fully saturated rings. The second-order valence-electron chi connectivity index (χ2n) is 1.95. The molecule has 1 atom stereocenters. The van der Waals surface area contributed by atoms with Gasteiger partial charge < -0.3 is 10.5 Å². The van der Waals surface area contributed by atoms with Crippen molar-refractivity contribution in [2.75, 3.05) is 7.11 Å². The van der Waals surface area contributed by atoms with Gasteiger partial charge in [0.2, 0.25) is 0 Å². The van der Waals surface area contributed by atoms with Crippen LogP contribution in [-0.2, 0) is 9.53 Å². The number of halogens is 1. The molecule has 1 unspecified atom stereocenters. The molecule has 64 valence electrons. The number of carbonyl (C=O) groups excluding carboxylic acids is 1. The normalized spacial score (nSPS) is 10.6. The fraction of sp³-hybridized carbons (Fsp3) is 0.571. The van der Waals surface area contributed by atoms with E-state index in [-0.39, 0.29) is 30.8 Å². The first-order valence-electron chi connectivity index (χ1n) is 2.96. The molecule has 0 aromatic rings. The number of esters is 1. The number of carbonyl (C=O) groups is 1. The SMILES string of the molecule is C#CCC(N)CC(=O)OC.Cl. The van der Waals surface area contributed by atoms with Gasteiger partial charge in [-0.15, -0.1) is 24.8 Å². The molecule has 0 heterocycles. The minimum atomic E-state index is -0.317. The quantitative estimate of drug-likeness (QED) is 0.499. The summed E-state index contributed by atoms with van der Waals surface area (Å²) in [5, 5.41) is 0. The third-order valence-corrected chi connectivity index (χ3v) is 1.04. The fourth-order valence-corrected chi connectivity index (χ4v) is 0.521. The standard InChI is InChI=1S/C7H11NO2.ClH/c1-3-4-6(8)5-7(9)10-2;/h1,6H,4-5,8H2,2H3;1H. The van der Waals surface area contributed by atoms with Crippen molar-refractivity contribution >= 4 is 18.4 Å². The third-order valence-electron chi connectivity index (χ3n) is 1.04. The molecule has 0 aliphatic heterocycles. The molecule has 0 rings (SSSR count). The molecule has 0 bridgehead atoms. The van der Waals surface area contributed by atoms with E-state index in [4.69, 9.17) is 12.2 Å². The highest BCUT2D eigenvalue weighted by molar-refractivity contribution is 5.85. The van der Waals surface area contributed by atoms with E-state index < -0.39 is 0 Å². The first-order valence-corrected chi connectivity index (χ1v) is 2.96. The minimum Gasteiger partial charge on any atom is -0.469 e. The number of nitrogens with two attached hydrogens (primary N) is 1. The van der Waals surface area contributed by atoms with Crippen molar-refractivity contribution in [3.8, 4) is 12.3 Å². The molecule has 0 aliphatic rings. The molecule has 0 aliphatic carbocycles. The van der Waals surface area contributed by atoms with E-state index >= 15 is 0 Å². The van der Waals surface area contributed by atoms with E-state index in [1.54, 1.807) is 0 Å². The Balaban J connectivity index is 0. The summed E-state index contributed by atoms with van der Waals surface area (Å²) in [4.78, 5) is 10.5. The zero-order valence-corrected chi connectivity index (χ0v) is 7.19. The zero-order valence-electron chi connectivity index (χ0n) is 6.37. The average Bonchev–Trinajstić information content (AvgIpc) is 1.88. The van der Waals surface area contributed by atoms with Crippen molar-refractivity contribution in [3.05, 3.63) is 0 Å². The van der Waals surface area contributed by atoms with Gasteiger partial charge in [-0.1, -0.05) is 0 Å². The second kappa shape index (κ2) is 7.39. The van der Waals surface area contributed by atoms with Gasteiger partial charge in [0.15, 0.2) is 0 Å². The maximum Gasteiger partial charge on any atom is 0.307 e. The molecule has 11 heavy (non-hydrogen) atoms. The Bertz CT molecular complexity index is 153. The minimum absolute atomic E-state index is 0. The largest absolute Gasteiger partial charge is 0.469 e. The summed E-state index contributed by atoms with van der Waals surface area (Å²) >= 11 is 0. The van der Waals surface area contributed by atoms with E-state index in [1.807, 2.05) is 0 Å². The molecule has 4 heteroatoms. The highest BCUT2D eigenvalue weighted by Crippen LogP contribution is 1.94. The van der Waals surface area contributed by atoms with Gasteiger partial charge in [0, 0.05) is 12.5 Å². The Morgan fingerprint density at radius 1 is 1.82 bits per heavy atom. The molecular formula is C7H12ClNO2. The van der Waals surface area contributed by atoms with E-state index in [1.165, 1.54) is 7.11 Å². The van der Waals surface area contributed by atoms with Crippen molar-refractivity contribution in [2.24, 2.45) is 5.73 Å². The van der Waals surface area contributed by atoms with E-state index in [0.717, 1.165) is 0 Å². The van der Waals surface area contributed by atoms with E-state index in [9.17, 15) is 4.79 Å². The van der Waals surface area contributed by atoms with Gasteiger partial charge in [0.05, 0.1) is 13.5 Å². The molecule has 0 saturated heterocycles. The molecule has 0 radical (unpaired) electrons. The van der Waals surface area contributed by atoms with E-state index in [0.29, 0.717) is 6.42 Å². The van der Waals surface area contributed by atoms with Crippen molar-refractivity contribution < 1.29 is 9.53 Å². The topological polar surface area (TPSA) is 52.3 Å². The molecule has 2 N–H and O–H groups in total. The van der Waals surface area contributed by atoms with Crippen LogP contribution in [0.3, 0.4) is 0 Å². The van der Waals surface area contributed by atoms with Gasteiger partial charge in [-0.2, -0.15) is 0 Å². The van der Waals surface area contributed by atoms with Crippen LogP contribution in [0.1, 0.15) is 12.8 Å². The Morgan fingerprint density at radius 3 is 2.73 bits per heavy atom. The predicted octanol–water partition coefficient (Wildman–Crippen LogP) is 0.322. The van der Waals surface area contributed by atoms with Gasteiger partial charge in [0.1, 0.15) is 0 Å². The van der Waals surface area contributed by atoms with Crippen LogP contribution in [0.25, 0.3) is 0 Å². The lowest BCUT2D eigenvalue weighted by Gasteiger charge is -2.04. The van der Waals surface area contributed by atoms with Crippen LogP contribution < -0.4 is 5.73 Å².